The Bertz CT molecular complexity index is 1880. The number of rotatable bonds is 9. The number of carbonyl (C=O) groups is 3. The standard InChI is InChI=1S/C44H54N2O9/c1-25(48)37(40(50)45-16-17-47)46-39(49)31-20-34(38-35(21-31)53-44(55-38)22-29-9-5-6-10-30(29)23-44)52-41(51)28-11-7-8-26(19-28)18-27-12-13-36-43(4,54-36)15-14-33-32(27)24-42(33,2)3/h5-11,18-19,21,25,32-38,47-48H,12-17,20,22-24H2,1-4H3,(H,45,50)(H,46,49)/t25-,32+,33+,34+,35+,36?,37+,38-,43+/m0/s1. The average Bonchev–Trinajstić information content (AvgIpc) is 3.44. The van der Waals surface area contributed by atoms with Gasteiger partial charge in [0.1, 0.15) is 24.4 Å². The lowest BCUT2D eigenvalue weighted by Gasteiger charge is -2.53. The van der Waals surface area contributed by atoms with Crippen molar-refractivity contribution in [3.05, 3.63) is 88.0 Å². The highest BCUT2D eigenvalue weighted by molar-refractivity contribution is 5.97. The number of aliphatic hydroxyl groups excluding tert-OH is 2. The molecule has 2 aromatic carbocycles. The number of nitrogens with one attached hydrogen (secondary N) is 2. The van der Waals surface area contributed by atoms with Crippen LogP contribution < -0.4 is 10.6 Å². The van der Waals surface area contributed by atoms with Crippen molar-refractivity contribution < 1.29 is 43.5 Å². The van der Waals surface area contributed by atoms with Crippen molar-refractivity contribution in [3.8, 4) is 0 Å². The van der Waals surface area contributed by atoms with Crippen LogP contribution in [0.25, 0.3) is 6.08 Å². The minimum Gasteiger partial charge on any atom is -0.456 e. The topological polar surface area (TPSA) is 156 Å². The predicted molar refractivity (Wildman–Crippen MR) is 203 cm³/mol. The molecule has 294 valence electrons. The summed E-state index contributed by atoms with van der Waals surface area (Å²) in [5.74, 6) is -1.61. The van der Waals surface area contributed by atoms with Crippen LogP contribution in [-0.4, -0.2) is 89.1 Å². The van der Waals surface area contributed by atoms with Crippen molar-refractivity contribution in [3.63, 3.8) is 0 Å². The molecule has 1 spiro atoms. The Hall–Kier alpha value is -3.87. The molecule has 2 saturated heterocycles. The molecule has 0 bridgehead atoms. The molecule has 0 aromatic heterocycles. The molecule has 6 aliphatic rings. The molecule has 4 fully saturated rings. The van der Waals surface area contributed by atoms with Crippen LogP contribution in [0.2, 0.25) is 0 Å². The molecule has 4 N–H and O–H groups in total. The van der Waals surface area contributed by atoms with Gasteiger partial charge in [0, 0.05) is 31.4 Å². The first-order valence-electron chi connectivity index (χ1n) is 20.0. The lowest BCUT2D eigenvalue weighted by Crippen LogP contribution is -2.54. The fraction of sp³-hybridized carbons (Fsp3) is 0.568. The number of hydrogen-bond donors (Lipinski definition) is 4. The number of epoxide rings is 1. The molecule has 8 rings (SSSR count). The van der Waals surface area contributed by atoms with Crippen LogP contribution in [0.3, 0.4) is 0 Å². The van der Waals surface area contributed by atoms with Gasteiger partial charge in [0.25, 0.3) is 0 Å². The van der Waals surface area contributed by atoms with E-state index in [9.17, 15) is 19.5 Å². The molecule has 11 heteroatoms. The van der Waals surface area contributed by atoms with Gasteiger partial charge in [0.05, 0.1) is 30.0 Å². The third kappa shape index (κ3) is 7.54. The first-order chi connectivity index (χ1) is 26.3. The second-order valence-corrected chi connectivity index (χ2v) is 17.5. The van der Waals surface area contributed by atoms with Gasteiger partial charge in [-0.3, -0.25) is 9.59 Å². The molecule has 2 saturated carbocycles. The Morgan fingerprint density at radius 3 is 2.49 bits per heavy atom. The van der Waals surface area contributed by atoms with Gasteiger partial charge in [-0.2, -0.15) is 0 Å². The van der Waals surface area contributed by atoms with E-state index in [2.05, 4.69) is 37.5 Å². The Morgan fingerprint density at radius 1 is 1.02 bits per heavy atom. The Labute approximate surface area is 322 Å². The van der Waals surface area contributed by atoms with Crippen LogP contribution in [-0.2, 0) is 41.4 Å². The number of ether oxygens (including phenoxy) is 4. The van der Waals surface area contributed by atoms with Gasteiger partial charge in [-0.25, -0.2) is 4.79 Å². The van der Waals surface area contributed by atoms with Crippen LogP contribution in [0.1, 0.15) is 93.3 Å². The van der Waals surface area contributed by atoms with Crippen LogP contribution in [0.5, 0.6) is 0 Å². The number of aliphatic hydroxyl groups is 2. The van der Waals surface area contributed by atoms with E-state index in [-0.39, 0.29) is 36.2 Å². The monoisotopic (exact) mass is 754 g/mol. The lowest BCUT2D eigenvalue weighted by atomic mass is 9.52. The van der Waals surface area contributed by atoms with Crippen molar-refractivity contribution in [1.29, 1.82) is 0 Å². The molecule has 2 aromatic rings. The summed E-state index contributed by atoms with van der Waals surface area (Å²) in [6, 6.07) is 14.3. The number of esters is 1. The summed E-state index contributed by atoms with van der Waals surface area (Å²) in [5.41, 5.74) is 5.55. The van der Waals surface area contributed by atoms with Crippen LogP contribution >= 0.6 is 0 Å². The van der Waals surface area contributed by atoms with Gasteiger partial charge in [0.2, 0.25) is 11.8 Å². The molecule has 2 amide bonds. The maximum atomic E-state index is 14.0. The number of benzene rings is 2. The summed E-state index contributed by atoms with van der Waals surface area (Å²) in [4.78, 5) is 40.5. The van der Waals surface area contributed by atoms with E-state index in [0.29, 0.717) is 36.3 Å². The normalized spacial score (nSPS) is 32.8. The van der Waals surface area contributed by atoms with Gasteiger partial charge < -0.3 is 39.8 Å². The maximum Gasteiger partial charge on any atom is 0.338 e. The highest BCUT2D eigenvalue weighted by Crippen LogP contribution is 2.60. The number of amides is 2. The lowest BCUT2D eigenvalue weighted by molar-refractivity contribution is -0.172. The minimum absolute atomic E-state index is 0.00651. The predicted octanol–water partition coefficient (Wildman–Crippen LogP) is 4.57. The van der Waals surface area contributed by atoms with Crippen molar-refractivity contribution in [2.45, 2.75) is 127 Å². The number of fused-ring (bicyclic) bond motifs is 4. The second kappa shape index (κ2) is 14.6. The maximum absolute atomic E-state index is 14.0. The molecule has 1 unspecified atom stereocenters. The van der Waals surface area contributed by atoms with E-state index in [1.165, 1.54) is 12.5 Å². The van der Waals surface area contributed by atoms with Crippen LogP contribution in [0, 0.1) is 17.3 Å². The molecule has 2 aliphatic heterocycles. The van der Waals surface area contributed by atoms with E-state index < -0.39 is 54.0 Å². The van der Waals surface area contributed by atoms with Crippen LogP contribution in [0.15, 0.2) is 65.8 Å². The highest BCUT2D eigenvalue weighted by Gasteiger charge is 2.57. The number of hydrogen-bond acceptors (Lipinski definition) is 9. The third-order valence-corrected chi connectivity index (χ3v) is 13.1. The van der Waals surface area contributed by atoms with Gasteiger partial charge in [-0.05, 0) is 98.1 Å². The first-order valence-corrected chi connectivity index (χ1v) is 20.0. The van der Waals surface area contributed by atoms with E-state index in [1.54, 1.807) is 12.1 Å². The second-order valence-electron chi connectivity index (χ2n) is 17.5. The fourth-order valence-corrected chi connectivity index (χ4v) is 9.97. The average molecular weight is 755 g/mol. The van der Waals surface area contributed by atoms with E-state index >= 15 is 0 Å². The Kier molecular flexibility index (Phi) is 10.1. The van der Waals surface area contributed by atoms with Gasteiger partial charge >= 0.3 is 5.97 Å². The fourth-order valence-electron chi connectivity index (χ4n) is 9.97. The van der Waals surface area contributed by atoms with E-state index in [1.807, 2.05) is 42.5 Å². The number of allylic oxidation sites excluding steroid dienone is 1. The quantitative estimate of drug-likeness (QED) is 0.213. The highest BCUT2D eigenvalue weighted by atomic mass is 16.8. The first kappa shape index (κ1) is 38.0. The van der Waals surface area contributed by atoms with Crippen molar-refractivity contribution in [1.82, 2.24) is 10.6 Å². The summed E-state index contributed by atoms with van der Waals surface area (Å²) < 4.78 is 25.7. The molecular formula is C44H54N2O9. The summed E-state index contributed by atoms with van der Waals surface area (Å²) >= 11 is 0. The zero-order chi connectivity index (χ0) is 38.7. The van der Waals surface area contributed by atoms with Crippen LogP contribution in [0.4, 0.5) is 0 Å². The number of carbonyl (C=O) groups excluding carboxylic acids is 3. The zero-order valence-electron chi connectivity index (χ0n) is 32.2. The van der Waals surface area contributed by atoms with Gasteiger partial charge in [0.15, 0.2) is 5.79 Å². The Morgan fingerprint density at radius 2 is 1.78 bits per heavy atom. The largest absolute Gasteiger partial charge is 0.456 e. The molecule has 9 atom stereocenters. The smallest absolute Gasteiger partial charge is 0.338 e. The molecule has 11 nitrogen and oxygen atoms in total. The third-order valence-electron chi connectivity index (χ3n) is 13.1. The molecule has 0 radical (unpaired) electrons. The van der Waals surface area contributed by atoms with Crippen molar-refractivity contribution >= 4 is 23.9 Å². The summed E-state index contributed by atoms with van der Waals surface area (Å²) in [6.45, 7) is 8.10. The van der Waals surface area contributed by atoms with Crippen molar-refractivity contribution in [2.24, 2.45) is 17.3 Å². The molecule has 55 heavy (non-hydrogen) atoms. The SMILES string of the molecule is C[C@H](O)[C@@H](NC(=O)C1=C[C@H]2OC3(Cc4ccccc4C3)O[C@H]2[C@H](OC(=O)c2cccc(C=C3CCC4O[C@]4(C)CC[C@@H]4[C@@H]3CC4(C)C)c2)C1)C(=O)NCCO. The molecule has 2 heterocycles. The van der Waals surface area contributed by atoms with Crippen molar-refractivity contribution in [2.75, 3.05) is 13.2 Å². The zero-order valence-corrected chi connectivity index (χ0v) is 32.2. The summed E-state index contributed by atoms with van der Waals surface area (Å²) in [7, 11) is 0. The molecule has 4 aliphatic carbocycles. The molecular weight excluding hydrogens is 700 g/mol. The summed E-state index contributed by atoms with van der Waals surface area (Å²) in [5, 5.41) is 24.7. The minimum atomic E-state index is -1.27. The summed E-state index contributed by atoms with van der Waals surface area (Å²) in [6.07, 6.45) is 7.22. The Balaban J connectivity index is 1.03. The van der Waals surface area contributed by atoms with Gasteiger partial charge in [-0.15, -0.1) is 0 Å². The van der Waals surface area contributed by atoms with E-state index in [0.717, 1.165) is 48.8 Å². The van der Waals surface area contributed by atoms with E-state index in [4.69, 9.17) is 24.1 Å². The van der Waals surface area contributed by atoms with Gasteiger partial charge in [-0.1, -0.05) is 61.9 Å².